The second-order valence-electron chi connectivity index (χ2n) is 5.32. The maximum atomic E-state index is 11.9. The Balaban J connectivity index is 1.80. The zero-order valence-corrected chi connectivity index (χ0v) is 10.2. The van der Waals surface area contributed by atoms with Crippen LogP contribution in [0.5, 0.6) is 0 Å². The molecule has 2 unspecified atom stereocenters. The van der Waals surface area contributed by atoms with E-state index in [1.165, 1.54) is 0 Å². The van der Waals surface area contributed by atoms with Crippen LogP contribution in [0.1, 0.15) is 25.7 Å². The van der Waals surface area contributed by atoms with E-state index in [2.05, 4.69) is 4.74 Å². The monoisotopic (exact) mass is 268 g/mol. The van der Waals surface area contributed by atoms with Gasteiger partial charge in [0.2, 0.25) is 0 Å². The molecule has 3 nitrogen and oxygen atoms in total. The van der Waals surface area contributed by atoms with Gasteiger partial charge < -0.3 is 14.6 Å². The van der Waals surface area contributed by atoms with E-state index >= 15 is 0 Å². The molecule has 2 atom stereocenters. The molecule has 1 N–H and O–H groups in total. The van der Waals surface area contributed by atoms with Crippen LogP contribution in [0.15, 0.2) is 0 Å². The van der Waals surface area contributed by atoms with Crippen LogP contribution in [0, 0.1) is 11.3 Å². The lowest BCUT2D eigenvalue weighted by molar-refractivity contribution is -0.176. The third kappa shape index (κ3) is 3.36. The molecule has 0 aromatic carbocycles. The quantitative estimate of drug-likeness (QED) is 0.750. The van der Waals surface area contributed by atoms with Gasteiger partial charge in [-0.05, 0) is 31.6 Å². The number of aliphatic hydroxyl groups excluding tert-OH is 1. The summed E-state index contributed by atoms with van der Waals surface area (Å²) < 4.78 is 46.1. The SMILES string of the molecule is OCC1(CCOCC(F)(F)F)CCOC1C1CC1. The van der Waals surface area contributed by atoms with Crippen molar-refractivity contribution in [3.63, 3.8) is 0 Å². The molecule has 0 bridgehead atoms. The first kappa shape index (κ1) is 14.1. The Labute approximate surface area is 104 Å². The molecule has 6 heteroatoms. The number of hydrogen-bond acceptors (Lipinski definition) is 3. The van der Waals surface area contributed by atoms with Crippen molar-refractivity contribution in [2.75, 3.05) is 26.4 Å². The lowest BCUT2D eigenvalue weighted by Gasteiger charge is -2.32. The summed E-state index contributed by atoms with van der Waals surface area (Å²) in [4.78, 5) is 0. The second kappa shape index (κ2) is 5.35. The maximum Gasteiger partial charge on any atom is 0.411 e. The molecule has 1 aliphatic heterocycles. The largest absolute Gasteiger partial charge is 0.411 e. The van der Waals surface area contributed by atoms with Crippen molar-refractivity contribution in [3.8, 4) is 0 Å². The summed E-state index contributed by atoms with van der Waals surface area (Å²) in [5, 5.41) is 9.57. The number of ether oxygens (including phenoxy) is 2. The molecular formula is C12H19F3O3. The normalized spacial score (nSPS) is 33.0. The summed E-state index contributed by atoms with van der Waals surface area (Å²) in [6.45, 7) is -0.652. The molecule has 0 aromatic rings. The van der Waals surface area contributed by atoms with Crippen molar-refractivity contribution in [2.45, 2.75) is 38.0 Å². The lowest BCUT2D eigenvalue weighted by Crippen LogP contribution is -2.37. The Morgan fingerprint density at radius 2 is 2.06 bits per heavy atom. The van der Waals surface area contributed by atoms with Crippen molar-refractivity contribution in [1.82, 2.24) is 0 Å². The number of hydrogen-bond donors (Lipinski definition) is 1. The van der Waals surface area contributed by atoms with Gasteiger partial charge in [0, 0.05) is 18.6 Å². The molecule has 106 valence electrons. The molecule has 0 spiro atoms. The first-order chi connectivity index (χ1) is 8.47. The van der Waals surface area contributed by atoms with E-state index in [0.29, 0.717) is 25.4 Å². The van der Waals surface area contributed by atoms with Crippen molar-refractivity contribution < 1.29 is 27.8 Å². The average Bonchev–Trinajstić information content (AvgIpc) is 3.05. The van der Waals surface area contributed by atoms with Crippen molar-refractivity contribution in [3.05, 3.63) is 0 Å². The summed E-state index contributed by atoms with van der Waals surface area (Å²) in [5.41, 5.74) is -0.396. The topological polar surface area (TPSA) is 38.7 Å². The maximum absolute atomic E-state index is 11.9. The Hall–Kier alpha value is -0.330. The van der Waals surface area contributed by atoms with Gasteiger partial charge >= 0.3 is 6.18 Å². The van der Waals surface area contributed by atoms with Crippen LogP contribution in [0.3, 0.4) is 0 Å². The van der Waals surface area contributed by atoms with Crippen molar-refractivity contribution in [2.24, 2.45) is 11.3 Å². The fourth-order valence-electron chi connectivity index (χ4n) is 2.72. The van der Waals surface area contributed by atoms with Crippen LogP contribution < -0.4 is 0 Å². The summed E-state index contributed by atoms with van der Waals surface area (Å²) in [7, 11) is 0. The molecule has 0 radical (unpaired) electrons. The second-order valence-corrected chi connectivity index (χ2v) is 5.32. The molecule has 2 fully saturated rings. The van der Waals surface area contributed by atoms with Crippen LogP contribution in [0.4, 0.5) is 13.2 Å². The molecule has 0 aromatic heterocycles. The van der Waals surface area contributed by atoms with E-state index in [9.17, 15) is 18.3 Å². The highest BCUT2D eigenvalue weighted by atomic mass is 19.4. The average molecular weight is 268 g/mol. The van der Waals surface area contributed by atoms with E-state index in [0.717, 1.165) is 12.8 Å². The van der Waals surface area contributed by atoms with Crippen LogP contribution in [0.2, 0.25) is 0 Å². The minimum absolute atomic E-state index is 0.00279. The molecule has 18 heavy (non-hydrogen) atoms. The van der Waals surface area contributed by atoms with Gasteiger partial charge in [-0.3, -0.25) is 0 Å². The number of aliphatic hydroxyl groups is 1. The third-order valence-corrected chi connectivity index (χ3v) is 3.88. The fraction of sp³-hybridized carbons (Fsp3) is 1.00. The number of halogens is 3. The van der Waals surface area contributed by atoms with Gasteiger partial charge in [-0.1, -0.05) is 0 Å². The molecule has 1 saturated carbocycles. The van der Waals surface area contributed by atoms with E-state index in [1.807, 2.05) is 0 Å². The molecule has 1 aliphatic carbocycles. The highest BCUT2D eigenvalue weighted by Gasteiger charge is 2.50. The summed E-state index contributed by atoms with van der Waals surface area (Å²) in [6, 6.07) is 0. The van der Waals surface area contributed by atoms with Crippen LogP contribution >= 0.6 is 0 Å². The van der Waals surface area contributed by atoms with Crippen LogP contribution in [-0.2, 0) is 9.47 Å². The number of alkyl halides is 3. The van der Waals surface area contributed by atoms with Gasteiger partial charge in [0.15, 0.2) is 0 Å². The molecule has 2 aliphatic rings. The summed E-state index contributed by atoms with van der Waals surface area (Å²) in [5.74, 6) is 0.474. The summed E-state index contributed by atoms with van der Waals surface area (Å²) in [6.07, 6.45) is -0.960. The van der Waals surface area contributed by atoms with Gasteiger partial charge in [-0.2, -0.15) is 13.2 Å². The van der Waals surface area contributed by atoms with Crippen molar-refractivity contribution in [1.29, 1.82) is 0 Å². The predicted octanol–water partition coefficient (Wildman–Crippen LogP) is 2.13. The van der Waals surface area contributed by atoms with Crippen LogP contribution in [-0.4, -0.2) is 43.8 Å². The van der Waals surface area contributed by atoms with Gasteiger partial charge in [0.1, 0.15) is 6.61 Å². The predicted molar refractivity (Wildman–Crippen MR) is 58.1 cm³/mol. The zero-order chi connectivity index (χ0) is 13.2. The van der Waals surface area contributed by atoms with E-state index < -0.39 is 18.2 Å². The minimum atomic E-state index is -4.28. The standard InChI is InChI=1S/C12H19F3O3/c13-12(14,15)8-17-5-3-11(7-16)4-6-18-10(11)9-1-2-9/h9-10,16H,1-8H2. The molecule has 1 heterocycles. The molecular weight excluding hydrogens is 249 g/mol. The van der Waals surface area contributed by atoms with Gasteiger partial charge in [0.25, 0.3) is 0 Å². The van der Waals surface area contributed by atoms with Crippen LogP contribution in [0.25, 0.3) is 0 Å². The van der Waals surface area contributed by atoms with E-state index in [1.54, 1.807) is 0 Å². The van der Waals surface area contributed by atoms with Gasteiger partial charge in [0.05, 0.1) is 12.7 Å². The Morgan fingerprint density at radius 3 is 2.61 bits per heavy atom. The van der Waals surface area contributed by atoms with Gasteiger partial charge in [-0.15, -0.1) is 0 Å². The van der Waals surface area contributed by atoms with E-state index in [4.69, 9.17) is 4.74 Å². The zero-order valence-electron chi connectivity index (χ0n) is 10.2. The van der Waals surface area contributed by atoms with Crippen molar-refractivity contribution >= 4 is 0 Å². The Bertz CT molecular complexity index is 278. The minimum Gasteiger partial charge on any atom is -0.396 e. The highest BCUT2D eigenvalue weighted by Crippen LogP contribution is 2.49. The summed E-state index contributed by atoms with van der Waals surface area (Å²) >= 11 is 0. The molecule has 0 amide bonds. The lowest BCUT2D eigenvalue weighted by atomic mass is 9.77. The third-order valence-electron chi connectivity index (χ3n) is 3.88. The van der Waals surface area contributed by atoms with E-state index in [-0.39, 0.29) is 19.3 Å². The Kier molecular flexibility index (Phi) is 4.18. The van der Waals surface area contributed by atoms with Gasteiger partial charge in [-0.25, -0.2) is 0 Å². The fourth-order valence-corrected chi connectivity index (χ4v) is 2.72. The smallest absolute Gasteiger partial charge is 0.396 e. The molecule has 2 rings (SSSR count). The number of rotatable bonds is 6. The molecule has 1 saturated heterocycles. The highest BCUT2D eigenvalue weighted by molar-refractivity contribution is 4.99. The first-order valence-corrected chi connectivity index (χ1v) is 6.34. The Morgan fingerprint density at radius 1 is 1.33 bits per heavy atom. The first-order valence-electron chi connectivity index (χ1n) is 6.34.